The SMILES string of the molecule is Cc1nc(C(=O)Nc2ccc(CN3C(=O)CCC3=O)cc2)nn1-c1ccc(F)cc1. The summed E-state index contributed by atoms with van der Waals surface area (Å²) in [5.74, 6) is -0.727. The van der Waals surface area contributed by atoms with Crippen molar-refractivity contribution in [1.29, 1.82) is 0 Å². The molecule has 1 N–H and O–H groups in total. The first kappa shape index (κ1) is 19.4. The Kier molecular flexibility index (Phi) is 5.09. The molecule has 3 amide bonds. The Morgan fingerprint density at radius 3 is 2.30 bits per heavy atom. The maximum Gasteiger partial charge on any atom is 0.295 e. The van der Waals surface area contributed by atoms with Crippen LogP contribution in [-0.2, 0) is 16.1 Å². The number of halogens is 1. The van der Waals surface area contributed by atoms with E-state index in [-0.39, 0.29) is 42.8 Å². The molecule has 152 valence electrons. The average molecular weight is 407 g/mol. The van der Waals surface area contributed by atoms with Gasteiger partial charge in [0.2, 0.25) is 17.6 Å². The number of carbonyl (C=O) groups excluding carboxylic acids is 3. The van der Waals surface area contributed by atoms with E-state index in [4.69, 9.17) is 0 Å². The molecule has 1 fully saturated rings. The summed E-state index contributed by atoms with van der Waals surface area (Å²) in [6.07, 6.45) is 0.508. The molecule has 2 heterocycles. The minimum atomic E-state index is -0.489. The lowest BCUT2D eigenvalue weighted by Gasteiger charge is -2.14. The van der Waals surface area contributed by atoms with Crippen LogP contribution in [-0.4, -0.2) is 37.4 Å². The van der Waals surface area contributed by atoms with Crippen LogP contribution in [0.3, 0.4) is 0 Å². The number of imide groups is 1. The fraction of sp³-hybridized carbons (Fsp3) is 0.190. The normalized spacial score (nSPS) is 13.7. The third-order valence-corrected chi connectivity index (χ3v) is 4.75. The topological polar surface area (TPSA) is 97.2 Å². The number of amides is 3. The van der Waals surface area contributed by atoms with Crippen LogP contribution in [0.2, 0.25) is 0 Å². The molecule has 0 aliphatic carbocycles. The number of hydrogen-bond acceptors (Lipinski definition) is 5. The summed E-state index contributed by atoms with van der Waals surface area (Å²) in [6, 6.07) is 12.6. The van der Waals surface area contributed by atoms with E-state index in [0.717, 1.165) is 5.56 Å². The molecule has 3 aromatic rings. The van der Waals surface area contributed by atoms with Gasteiger partial charge in [-0.1, -0.05) is 12.1 Å². The summed E-state index contributed by atoms with van der Waals surface area (Å²) >= 11 is 0. The molecule has 8 nitrogen and oxygen atoms in total. The molecule has 0 saturated carbocycles. The zero-order chi connectivity index (χ0) is 21.3. The van der Waals surface area contributed by atoms with Gasteiger partial charge in [-0.3, -0.25) is 19.3 Å². The molecule has 0 bridgehead atoms. The summed E-state index contributed by atoms with van der Waals surface area (Å²) in [7, 11) is 0. The van der Waals surface area contributed by atoms with E-state index < -0.39 is 5.91 Å². The maximum atomic E-state index is 13.1. The minimum absolute atomic E-state index is 0.0193. The highest BCUT2D eigenvalue weighted by Gasteiger charge is 2.28. The third kappa shape index (κ3) is 3.95. The van der Waals surface area contributed by atoms with E-state index in [2.05, 4.69) is 15.4 Å². The molecule has 0 radical (unpaired) electrons. The molecule has 0 unspecified atom stereocenters. The van der Waals surface area contributed by atoms with Gasteiger partial charge in [0.25, 0.3) is 5.91 Å². The van der Waals surface area contributed by atoms with Gasteiger partial charge < -0.3 is 5.32 Å². The highest BCUT2D eigenvalue weighted by atomic mass is 19.1. The third-order valence-electron chi connectivity index (χ3n) is 4.75. The molecular formula is C21H18FN5O3. The quantitative estimate of drug-likeness (QED) is 0.656. The second-order valence-corrected chi connectivity index (χ2v) is 6.90. The number of likely N-dealkylation sites (tertiary alicyclic amines) is 1. The molecule has 1 aliphatic rings. The van der Waals surface area contributed by atoms with Crippen LogP contribution in [0, 0.1) is 12.7 Å². The van der Waals surface area contributed by atoms with Crippen molar-refractivity contribution in [1.82, 2.24) is 19.7 Å². The minimum Gasteiger partial charge on any atom is -0.319 e. The number of aryl methyl sites for hydroxylation is 1. The molecule has 2 aromatic carbocycles. The van der Waals surface area contributed by atoms with Crippen molar-refractivity contribution in [3.05, 3.63) is 71.6 Å². The number of hydrogen-bond donors (Lipinski definition) is 1. The average Bonchev–Trinajstić information content (AvgIpc) is 3.27. The number of nitrogens with one attached hydrogen (secondary N) is 1. The Morgan fingerprint density at radius 1 is 1.03 bits per heavy atom. The van der Waals surface area contributed by atoms with Crippen molar-refractivity contribution in [3.63, 3.8) is 0 Å². The lowest BCUT2D eigenvalue weighted by Crippen LogP contribution is -2.28. The molecule has 30 heavy (non-hydrogen) atoms. The number of benzene rings is 2. The Labute approximate surface area is 171 Å². The number of aromatic nitrogens is 3. The van der Waals surface area contributed by atoms with E-state index in [1.165, 1.54) is 21.7 Å². The van der Waals surface area contributed by atoms with Gasteiger partial charge in [-0.2, -0.15) is 0 Å². The molecule has 0 atom stereocenters. The molecule has 4 rings (SSSR count). The number of nitrogens with zero attached hydrogens (tertiary/aromatic N) is 4. The molecule has 0 spiro atoms. The number of carbonyl (C=O) groups is 3. The first-order chi connectivity index (χ1) is 14.4. The van der Waals surface area contributed by atoms with Gasteiger partial charge in [0.05, 0.1) is 12.2 Å². The molecule has 1 saturated heterocycles. The van der Waals surface area contributed by atoms with E-state index in [9.17, 15) is 18.8 Å². The van der Waals surface area contributed by atoms with Crippen LogP contribution in [0.5, 0.6) is 0 Å². The summed E-state index contributed by atoms with van der Waals surface area (Å²) in [5, 5.41) is 6.91. The van der Waals surface area contributed by atoms with Gasteiger partial charge in [0.15, 0.2) is 0 Å². The Hall–Kier alpha value is -3.88. The van der Waals surface area contributed by atoms with E-state index in [1.54, 1.807) is 43.3 Å². The maximum absolute atomic E-state index is 13.1. The van der Waals surface area contributed by atoms with Crippen molar-refractivity contribution < 1.29 is 18.8 Å². The zero-order valence-corrected chi connectivity index (χ0v) is 16.1. The van der Waals surface area contributed by atoms with Crippen molar-refractivity contribution in [3.8, 4) is 5.69 Å². The van der Waals surface area contributed by atoms with E-state index in [0.29, 0.717) is 17.2 Å². The second kappa shape index (κ2) is 7.86. The summed E-state index contributed by atoms with van der Waals surface area (Å²) in [4.78, 5) is 41.4. The van der Waals surface area contributed by atoms with Crippen LogP contribution in [0.15, 0.2) is 48.5 Å². The van der Waals surface area contributed by atoms with Crippen molar-refractivity contribution in [2.75, 3.05) is 5.32 Å². The van der Waals surface area contributed by atoms with Gasteiger partial charge in [0, 0.05) is 18.5 Å². The van der Waals surface area contributed by atoms with Gasteiger partial charge in [-0.25, -0.2) is 14.1 Å². The van der Waals surface area contributed by atoms with Crippen molar-refractivity contribution >= 4 is 23.4 Å². The van der Waals surface area contributed by atoms with Crippen molar-refractivity contribution in [2.24, 2.45) is 0 Å². The lowest BCUT2D eigenvalue weighted by molar-refractivity contribution is -0.139. The van der Waals surface area contributed by atoms with Crippen LogP contribution in [0.25, 0.3) is 5.69 Å². The number of rotatable bonds is 5. The molecule has 1 aromatic heterocycles. The smallest absolute Gasteiger partial charge is 0.295 e. The highest BCUT2D eigenvalue weighted by Crippen LogP contribution is 2.18. The summed E-state index contributed by atoms with van der Waals surface area (Å²) in [6.45, 7) is 1.91. The lowest BCUT2D eigenvalue weighted by atomic mass is 10.2. The fourth-order valence-corrected chi connectivity index (χ4v) is 3.18. The van der Waals surface area contributed by atoms with Crippen LogP contribution >= 0.6 is 0 Å². The Balaban J connectivity index is 1.44. The highest BCUT2D eigenvalue weighted by molar-refractivity contribution is 6.02. The first-order valence-corrected chi connectivity index (χ1v) is 9.34. The second-order valence-electron chi connectivity index (χ2n) is 6.90. The van der Waals surface area contributed by atoms with Crippen LogP contribution in [0.4, 0.5) is 10.1 Å². The van der Waals surface area contributed by atoms with Crippen LogP contribution < -0.4 is 5.32 Å². The van der Waals surface area contributed by atoms with Gasteiger partial charge in [-0.15, -0.1) is 5.10 Å². The van der Waals surface area contributed by atoms with Crippen molar-refractivity contribution in [2.45, 2.75) is 26.3 Å². The van der Waals surface area contributed by atoms with Gasteiger partial charge >= 0.3 is 0 Å². The summed E-state index contributed by atoms with van der Waals surface area (Å²) < 4.78 is 14.6. The zero-order valence-electron chi connectivity index (χ0n) is 16.1. The summed E-state index contributed by atoms with van der Waals surface area (Å²) in [5.41, 5.74) is 1.90. The standard InChI is InChI=1S/C21H18FN5O3/c1-13-23-20(25-27(13)17-8-4-15(22)5-9-17)21(30)24-16-6-2-14(3-7-16)12-26-18(28)10-11-19(26)29/h2-9H,10-12H2,1H3,(H,24,30). The fourth-order valence-electron chi connectivity index (χ4n) is 3.18. The molecular weight excluding hydrogens is 389 g/mol. The monoisotopic (exact) mass is 407 g/mol. The van der Waals surface area contributed by atoms with E-state index in [1.807, 2.05) is 0 Å². The predicted molar refractivity (Wildman–Crippen MR) is 105 cm³/mol. The number of anilines is 1. The van der Waals surface area contributed by atoms with E-state index >= 15 is 0 Å². The predicted octanol–water partition coefficient (Wildman–Crippen LogP) is 2.62. The molecule has 1 aliphatic heterocycles. The van der Waals surface area contributed by atoms with Gasteiger partial charge in [-0.05, 0) is 48.9 Å². The van der Waals surface area contributed by atoms with Gasteiger partial charge in [0.1, 0.15) is 11.6 Å². The first-order valence-electron chi connectivity index (χ1n) is 9.34. The largest absolute Gasteiger partial charge is 0.319 e. The van der Waals surface area contributed by atoms with Crippen LogP contribution in [0.1, 0.15) is 34.8 Å². The molecule has 9 heteroatoms. The Morgan fingerprint density at radius 2 is 1.67 bits per heavy atom. The Bertz CT molecular complexity index is 1110.